The normalized spacial score (nSPS) is 18.4. The Labute approximate surface area is 170 Å². The monoisotopic (exact) mass is 384 g/mol. The largest absolute Gasteiger partial charge is 0.349 e. The van der Waals surface area contributed by atoms with Gasteiger partial charge in [-0.1, -0.05) is 19.9 Å². The third-order valence-corrected chi connectivity index (χ3v) is 7.06. The minimum absolute atomic E-state index is 0.144. The fraction of sp³-hybridized carbons (Fsp3) is 0.625. The van der Waals surface area contributed by atoms with E-state index in [0.29, 0.717) is 0 Å². The molecule has 0 spiro atoms. The van der Waals surface area contributed by atoms with Crippen LogP contribution in [0.15, 0.2) is 24.8 Å². The van der Waals surface area contributed by atoms with E-state index in [9.17, 15) is 0 Å². The number of hydrogen-bond acceptors (Lipinski definition) is 3. The van der Waals surface area contributed by atoms with Crippen LogP contribution in [-0.4, -0.2) is 28.6 Å². The van der Waals surface area contributed by atoms with E-state index >= 15 is 0 Å². The standard InChI is InChI=1S/C24H36N2O2/c1-7-23(8-2)15-27-24(28-16-23,9-11-26-12-10-25-17-26)14-22-20(5)18(3)13-19(4)21(22)6/h10,12-13,17H,7-9,11,14-16H2,1-6H3. The van der Waals surface area contributed by atoms with Crippen LogP contribution in [0.2, 0.25) is 0 Å². The van der Waals surface area contributed by atoms with Gasteiger partial charge < -0.3 is 14.0 Å². The van der Waals surface area contributed by atoms with E-state index in [-0.39, 0.29) is 5.41 Å². The van der Waals surface area contributed by atoms with E-state index in [4.69, 9.17) is 9.47 Å². The SMILES string of the molecule is CCC1(CC)COC(CCn2ccnc2)(Cc2c(C)c(C)cc(C)c2C)OC1. The minimum atomic E-state index is -0.576. The van der Waals surface area contributed by atoms with Crippen molar-refractivity contribution >= 4 is 0 Å². The summed E-state index contributed by atoms with van der Waals surface area (Å²) < 4.78 is 15.3. The van der Waals surface area contributed by atoms with Gasteiger partial charge in [-0.15, -0.1) is 0 Å². The number of aryl methyl sites for hydroxylation is 3. The Kier molecular flexibility index (Phi) is 6.31. The molecule has 1 saturated heterocycles. The van der Waals surface area contributed by atoms with E-state index in [2.05, 4.69) is 57.2 Å². The molecule has 1 aliphatic rings. The first-order valence-corrected chi connectivity index (χ1v) is 10.6. The smallest absolute Gasteiger partial charge is 0.174 e. The lowest BCUT2D eigenvalue weighted by molar-refractivity contribution is -0.308. The van der Waals surface area contributed by atoms with Crippen molar-refractivity contribution < 1.29 is 9.47 Å². The molecule has 4 heteroatoms. The zero-order valence-electron chi connectivity index (χ0n) is 18.5. The molecule has 2 aromatic rings. The van der Waals surface area contributed by atoms with Crippen LogP contribution < -0.4 is 0 Å². The van der Waals surface area contributed by atoms with Crippen molar-refractivity contribution in [1.82, 2.24) is 9.55 Å². The lowest BCUT2D eigenvalue weighted by atomic mass is 9.82. The first-order chi connectivity index (χ1) is 13.3. The number of rotatable bonds is 7. The molecule has 4 nitrogen and oxygen atoms in total. The molecule has 28 heavy (non-hydrogen) atoms. The topological polar surface area (TPSA) is 36.3 Å². The van der Waals surface area contributed by atoms with Crippen molar-refractivity contribution in [2.75, 3.05) is 13.2 Å². The Bertz CT molecular complexity index is 755. The molecule has 154 valence electrons. The van der Waals surface area contributed by atoms with Crippen LogP contribution in [0.5, 0.6) is 0 Å². The summed E-state index contributed by atoms with van der Waals surface area (Å²) in [7, 11) is 0. The van der Waals surface area contributed by atoms with Crippen LogP contribution >= 0.6 is 0 Å². The van der Waals surface area contributed by atoms with Crippen LogP contribution in [-0.2, 0) is 22.4 Å². The van der Waals surface area contributed by atoms with E-state index in [1.807, 2.05) is 18.7 Å². The lowest BCUT2D eigenvalue weighted by Gasteiger charge is -2.46. The van der Waals surface area contributed by atoms with Crippen LogP contribution in [0.4, 0.5) is 0 Å². The summed E-state index contributed by atoms with van der Waals surface area (Å²) in [5.41, 5.74) is 6.93. The second-order valence-corrected chi connectivity index (χ2v) is 8.66. The van der Waals surface area contributed by atoms with Gasteiger partial charge in [0.15, 0.2) is 5.79 Å². The Morgan fingerprint density at radius 2 is 1.61 bits per heavy atom. The van der Waals surface area contributed by atoms with Gasteiger partial charge in [0.1, 0.15) is 0 Å². The van der Waals surface area contributed by atoms with Gasteiger partial charge in [0.2, 0.25) is 0 Å². The summed E-state index contributed by atoms with van der Waals surface area (Å²) in [6, 6.07) is 2.29. The summed E-state index contributed by atoms with van der Waals surface area (Å²) in [4.78, 5) is 4.18. The van der Waals surface area contributed by atoms with Crippen LogP contribution in [0, 0.1) is 33.1 Å². The molecule has 0 aliphatic carbocycles. The number of benzene rings is 1. The Balaban J connectivity index is 1.89. The highest BCUT2D eigenvalue weighted by atomic mass is 16.7. The molecule has 0 N–H and O–H groups in total. The fourth-order valence-corrected chi connectivity index (χ4v) is 4.20. The molecule has 3 rings (SSSR count). The Morgan fingerprint density at radius 1 is 1.00 bits per heavy atom. The Morgan fingerprint density at radius 3 is 2.11 bits per heavy atom. The van der Waals surface area contributed by atoms with Crippen molar-refractivity contribution in [1.29, 1.82) is 0 Å². The number of ether oxygens (including phenoxy) is 2. The molecule has 1 aliphatic heterocycles. The highest BCUT2D eigenvalue weighted by Gasteiger charge is 2.43. The van der Waals surface area contributed by atoms with Gasteiger partial charge in [-0.25, -0.2) is 4.98 Å². The fourth-order valence-electron chi connectivity index (χ4n) is 4.20. The van der Waals surface area contributed by atoms with E-state index in [1.54, 1.807) is 0 Å². The first-order valence-electron chi connectivity index (χ1n) is 10.6. The van der Waals surface area contributed by atoms with Crippen molar-refractivity contribution in [3.8, 4) is 0 Å². The maximum absolute atomic E-state index is 6.60. The molecular formula is C24H36N2O2. The van der Waals surface area contributed by atoms with Gasteiger partial charge in [0, 0.05) is 37.2 Å². The van der Waals surface area contributed by atoms with Gasteiger partial charge in [0.25, 0.3) is 0 Å². The quantitative estimate of drug-likeness (QED) is 0.650. The summed E-state index contributed by atoms with van der Waals surface area (Å²) in [5.74, 6) is -0.576. The molecular weight excluding hydrogens is 348 g/mol. The summed E-state index contributed by atoms with van der Waals surface area (Å²) in [6.07, 6.45) is 9.49. The average Bonchev–Trinajstić information content (AvgIpc) is 3.23. The molecule has 0 saturated carbocycles. The van der Waals surface area contributed by atoms with Gasteiger partial charge >= 0.3 is 0 Å². The molecule has 1 aromatic heterocycles. The van der Waals surface area contributed by atoms with Crippen molar-refractivity contribution in [3.63, 3.8) is 0 Å². The predicted molar refractivity (Wildman–Crippen MR) is 114 cm³/mol. The summed E-state index contributed by atoms with van der Waals surface area (Å²) in [6.45, 7) is 15.7. The Hall–Kier alpha value is -1.65. The number of aromatic nitrogens is 2. The molecule has 0 radical (unpaired) electrons. The van der Waals surface area contributed by atoms with Gasteiger partial charge in [-0.3, -0.25) is 0 Å². The number of hydrogen-bond donors (Lipinski definition) is 0. The molecule has 0 unspecified atom stereocenters. The molecule has 0 amide bonds. The molecule has 0 bridgehead atoms. The average molecular weight is 385 g/mol. The third-order valence-electron chi connectivity index (χ3n) is 7.06. The predicted octanol–water partition coefficient (Wildman–Crippen LogP) is 5.30. The molecule has 1 fully saturated rings. The van der Waals surface area contributed by atoms with Crippen LogP contribution in [0.25, 0.3) is 0 Å². The highest BCUT2D eigenvalue weighted by molar-refractivity contribution is 5.44. The zero-order valence-corrected chi connectivity index (χ0v) is 18.5. The van der Waals surface area contributed by atoms with E-state index in [1.165, 1.54) is 27.8 Å². The van der Waals surface area contributed by atoms with Gasteiger partial charge in [0.05, 0.1) is 19.5 Å². The second kappa shape index (κ2) is 8.38. The minimum Gasteiger partial charge on any atom is -0.349 e. The maximum atomic E-state index is 6.60. The zero-order chi connectivity index (χ0) is 20.4. The number of nitrogens with zero attached hydrogens (tertiary/aromatic N) is 2. The summed E-state index contributed by atoms with van der Waals surface area (Å²) >= 11 is 0. The molecule has 2 heterocycles. The van der Waals surface area contributed by atoms with Crippen LogP contribution in [0.3, 0.4) is 0 Å². The van der Waals surface area contributed by atoms with Gasteiger partial charge in [-0.2, -0.15) is 0 Å². The lowest BCUT2D eigenvalue weighted by Crippen LogP contribution is -2.51. The maximum Gasteiger partial charge on any atom is 0.174 e. The van der Waals surface area contributed by atoms with E-state index in [0.717, 1.165) is 45.4 Å². The van der Waals surface area contributed by atoms with Crippen molar-refractivity contribution in [2.45, 2.75) is 79.6 Å². The highest BCUT2D eigenvalue weighted by Crippen LogP contribution is 2.40. The van der Waals surface area contributed by atoms with Crippen molar-refractivity contribution in [3.05, 3.63) is 52.6 Å². The van der Waals surface area contributed by atoms with Crippen molar-refractivity contribution in [2.24, 2.45) is 5.41 Å². The first kappa shape index (κ1) is 21.1. The van der Waals surface area contributed by atoms with Gasteiger partial charge in [-0.05, 0) is 68.4 Å². The van der Waals surface area contributed by atoms with E-state index < -0.39 is 5.79 Å². The third kappa shape index (κ3) is 4.18. The number of imidazole rings is 1. The summed E-state index contributed by atoms with van der Waals surface area (Å²) in [5, 5.41) is 0. The second-order valence-electron chi connectivity index (χ2n) is 8.66. The molecule has 1 aromatic carbocycles. The van der Waals surface area contributed by atoms with Crippen LogP contribution in [0.1, 0.15) is 60.9 Å². The molecule has 0 atom stereocenters.